The maximum atomic E-state index is 13.2. The van der Waals surface area contributed by atoms with Crippen LogP contribution < -0.4 is 5.32 Å². The number of halogens is 3. The maximum Gasteiger partial charge on any atom is 0.124 e. The van der Waals surface area contributed by atoms with Gasteiger partial charge in [0, 0.05) is 10.7 Å². The van der Waals surface area contributed by atoms with Gasteiger partial charge in [-0.15, -0.1) is 0 Å². The zero-order valence-corrected chi connectivity index (χ0v) is 14.1. The number of hydrogen-bond donors (Lipinski definition) is 1. The van der Waals surface area contributed by atoms with Crippen molar-refractivity contribution in [1.29, 1.82) is 0 Å². The van der Waals surface area contributed by atoms with Crippen LogP contribution in [0, 0.1) is 5.82 Å². The molecule has 0 saturated carbocycles. The van der Waals surface area contributed by atoms with E-state index >= 15 is 0 Å². The smallest absolute Gasteiger partial charge is 0.124 e. The molecule has 0 bridgehead atoms. The summed E-state index contributed by atoms with van der Waals surface area (Å²) in [5, 5.41) is 4.10. The molecule has 0 aliphatic carbocycles. The molecule has 2 nitrogen and oxygen atoms in total. The molecule has 2 aromatic rings. The molecule has 1 unspecified atom stereocenters. The fourth-order valence-electron chi connectivity index (χ4n) is 2.10. The Hall–Kier alpha value is -0.970. The molecule has 1 aromatic carbocycles. The highest BCUT2D eigenvalue weighted by Crippen LogP contribution is 2.24. The second-order valence-electron chi connectivity index (χ2n) is 4.85. The SMILES string of the molecule is CCCNC(Cc1ccc(F)cc1Br)c1ccc(Cl)cn1. The van der Waals surface area contributed by atoms with Crippen molar-refractivity contribution in [3.8, 4) is 0 Å². The quantitative estimate of drug-likeness (QED) is 0.779. The highest BCUT2D eigenvalue weighted by Gasteiger charge is 2.15. The van der Waals surface area contributed by atoms with Crippen LogP contribution in [0.2, 0.25) is 5.02 Å². The Labute approximate surface area is 137 Å². The van der Waals surface area contributed by atoms with Crippen LogP contribution in [-0.2, 0) is 6.42 Å². The molecular weight excluding hydrogens is 355 g/mol. The van der Waals surface area contributed by atoms with E-state index in [-0.39, 0.29) is 11.9 Å². The minimum Gasteiger partial charge on any atom is -0.308 e. The van der Waals surface area contributed by atoms with Crippen LogP contribution in [0.1, 0.15) is 30.6 Å². The Balaban J connectivity index is 2.21. The Bertz CT molecular complexity index is 589. The largest absolute Gasteiger partial charge is 0.308 e. The summed E-state index contributed by atoms with van der Waals surface area (Å²) in [6, 6.07) is 8.60. The van der Waals surface area contributed by atoms with E-state index in [0.29, 0.717) is 5.02 Å². The summed E-state index contributed by atoms with van der Waals surface area (Å²) in [6.07, 6.45) is 3.42. The Morgan fingerprint density at radius 3 is 2.76 bits per heavy atom. The standard InChI is InChI=1S/C16H17BrClFN2/c1-2-7-20-16(15-6-4-12(18)10-21-15)8-11-3-5-13(19)9-14(11)17/h3-6,9-10,16,20H,2,7-8H2,1H3. The van der Waals surface area contributed by atoms with Crippen LogP contribution in [0.3, 0.4) is 0 Å². The third-order valence-corrected chi connectivity index (χ3v) is 4.15. The van der Waals surface area contributed by atoms with Gasteiger partial charge < -0.3 is 5.32 Å². The van der Waals surface area contributed by atoms with Gasteiger partial charge in [-0.2, -0.15) is 0 Å². The summed E-state index contributed by atoms with van der Waals surface area (Å²) in [7, 11) is 0. The Kier molecular flexibility index (Phi) is 6.15. The van der Waals surface area contributed by atoms with Gasteiger partial charge in [-0.05, 0) is 49.2 Å². The van der Waals surface area contributed by atoms with Gasteiger partial charge in [-0.25, -0.2) is 4.39 Å². The lowest BCUT2D eigenvalue weighted by Gasteiger charge is -2.19. The van der Waals surface area contributed by atoms with E-state index < -0.39 is 0 Å². The van der Waals surface area contributed by atoms with E-state index in [0.717, 1.165) is 35.1 Å². The third-order valence-electron chi connectivity index (χ3n) is 3.19. The first kappa shape index (κ1) is 16.4. The predicted molar refractivity (Wildman–Crippen MR) is 88.1 cm³/mol. The molecule has 1 atom stereocenters. The maximum absolute atomic E-state index is 13.2. The fraction of sp³-hybridized carbons (Fsp3) is 0.312. The Morgan fingerprint density at radius 1 is 1.33 bits per heavy atom. The van der Waals surface area contributed by atoms with E-state index in [1.54, 1.807) is 12.3 Å². The highest BCUT2D eigenvalue weighted by molar-refractivity contribution is 9.10. The molecule has 0 spiro atoms. The van der Waals surface area contributed by atoms with Crippen molar-refractivity contribution in [1.82, 2.24) is 10.3 Å². The zero-order valence-electron chi connectivity index (χ0n) is 11.7. The second-order valence-corrected chi connectivity index (χ2v) is 6.14. The van der Waals surface area contributed by atoms with Gasteiger partial charge >= 0.3 is 0 Å². The number of hydrogen-bond acceptors (Lipinski definition) is 2. The first-order chi connectivity index (χ1) is 10.1. The molecule has 112 valence electrons. The lowest BCUT2D eigenvalue weighted by atomic mass is 10.0. The van der Waals surface area contributed by atoms with E-state index in [1.807, 2.05) is 12.1 Å². The first-order valence-corrected chi connectivity index (χ1v) is 8.06. The molecule has 1 aromatic heterocycles. The molecule has 0 radical (unpaired) electrons. The second kappa shape index (κ2) is 7.87. The Morgan fingerprint density at radius 2 is 2.14 bits per heavy atom. The average Bonchev–Trinajstić information content (AvgIpc) is 2.46. The van der Waals surface area contributed by atoms with E-state index in [1.165, 1.54) is 12.1 Å². The van der Waals surface area contributed by atoms with E-state index in [2.05, 4.69) is 33.2 Å². The number of benzene rings is 1. The molecule has 1 N–H and O–H groups in total. The predicted octanol–water partition coefficient (Wildman–Crippen LogP) is 4.92. The third kappa shape index (κ3) is 4.77. The molecule has 0 amide bonds. The van der Waals surface area contributed by atoms with Crippen molar-refractivity contribution in [3.05, 3.63) is 63.1 Å². The molecule has 0 fully saturated rings. The highest BCUT2D eigenvalue weighted by atomic mass is 79.9. The molecule has 1 heterocycles. The van der Waals surface area contributed by atoms with Gasteiger partial charge in [-0.3, -0.25) is 4.98 Å². The number of pyridine rings is 1. The van der Waals surface area contributed by atoms with Crippen LogP contribution in [0.25, 0.3) is 0 Å². The summed E-state index contributed by atoms with van der Waals surface area (Å²) in [5.41, 5.74) is 1.98. The van der Waals surface area contributed by atoms with Crippen molar-refractivity contribution in [3.63, 3.8) is 0 Å². The lowest BCUT2D eigenvalue weighted by Crippen LogP contribution is -2.25. The van der Waals surface area contributed by atoms with Gasteiger partial charge in [0.05, 0.1) is 16.8 Å². The normalized spacial score (nSPS) is 12.4. The number of nitrogens with zero attached hydrogens (tertiary/aromatic N) is 1. The van der Waals surface area contributed by atoms with Gasteiger partial charge in [0.1, 0.15) is 5.82 Å². The van der Waals surface area contributed by atoms with Gasteiger partial charge in [0.15, 0.2) is 0 Å². The summed E-state index contributed by atoms with van der Waals surface area (Å²) >= 11 is 9.31. The van der Waals surface area contributed by atoms with Crippen molar-refractivity contribution in [2.24, 2.45) is 0 Å². The number of rotatable bonds is 6. The molecule has 0 saturated heterocycles. The minimum absolute atomic E-state index is 0.0731. The van der Waals surface area contributed by atoms with Crippen LogP contribution in [-0.4, -0.2) is 11.5 Å². The molecule has 0 aliphatic heterocycles. The van der Waals surface area contributed by atoms with E-state index in [9.17, 15) is 4.39 Å². The number of nitrogens with one attached hydrogen (secondary N) is 1. The van der Waals surface area contributed by atoms with Crippen molar-refractivity contribution in [2.75, 3.05) is 6.54 Å². The summed E-state index contributed by atoms with van der Waals surface area (Å²) < 4.78 is 14.0. The fourth-order valence-corrected chi connectivity index (χ4v) is 2.72. The molecule has 2 rings (SSSR count). The van der Waals surface area contributed by atoms with E-state index in [4.69, 9.17) is 11.6 Å². The van der Waals surface area contributed by atoms with Crippen molar-refractivity contribution >= 4 is 27.5 Å². The van der Waals surface area contributed by atoms with Gasteiger partial charge in [0.2, 0.25) is 0 Å². The molecule has 5 heteroatoms. The van der Waals surface area contributed by atoms with Crippen LogP contribution in [0.5, 0.6) is 0 Å². The zero-order chi connectivity index (χ0) is 15.2. The molecule has 21 heavy (non-hydrogen) atoms. The lowest BCUT2D eigenvalue weighted by molar-refractivity contribution is 0.516. The summed E-state index contributed by atoms with van der Waals surface area (Å²) in [5.74, 6) is -0.242. The van der Waals surface area contributed by atoms with Crippen LogP contribution in [0.4, 0.5) is 4.39 Å². The van der Waals surface area contributed by atoms with Gasteiger partial charge in [-0.1, -0.05) is 40.5 Å². The van der Waals surface area contributed by atoms with Gasteiger partial charge in [0.25, 0.3) is 0 Å². The number of aromatic nitrogens is 1. The summed E-state index contributed by atoms with van der Waals surface area (Å²) in [4.78, 5) is 4.39. The molecule has 0 aliphatic rings. The van der Waals surface area contributed by atoms with Crippen molar-refractivity contribution in [2.45, 2.75) is 25.8 Å². The average molecular weight is 372 g/mol. The van der Waals surface area contributed by atoms with Crippen LogP contribution >= 0.6 is 27.5 Å². The minimum atomic E-state index is -0.242. The topological polar surface area (TPSA) is 24.9 Å². The molecular formula is C16H17BrClFN2. The van der Waals surface area contributed by atoms with Crippen molar-refractivity contribution < 1.29 is 4.39 Å². The first-order valence-electron chi connectivity index (χ1n) is 6.89. The monoisotopic (exact) mass is 370 g/mol. The summed E-state index contributed by atoms with van der Waals surface area (Å²) in [6.45, 7) is 3.01. The van der Waals surface area contributed by atoms with Crippen LogP contribution in [0.15, 0.2) is 41.0 Å².